The van der Waals surface area contributed by atoms with E-state index in [2.05, 4.69) is 9.84 Å². The molecule has 0 N–H and O–H groups in total. The Hall–Kier alpha value is -2.15. The number of ether oxygens (including phenoxy) is 1. The number of aryl methyl sites for hydroxylation is 1. The van der Waals surface area contributed by atoms with Crippen molar-refractivity contribution in [1.29, 1.82) is 0 Å². The van der Waals surface area contributed by atoms with E-state index in [1.807, 2.05) is 6.92 Å². The molecule has 6 nitrogen and oxygen atoms in total. The molecule has 1 aromatic heterocycles. The second-order valence-electron chi connectivity index (χ2n) is 3.87. The molecule has 0 aliphatic heterocycles. The Bertz CT molecular complexity index is 702. The summed E-state index contributed by atoms with van der Waals surface area (Å²) in [4.78, 5) is 11.5. The molecule has 0 unspecified atom stereocenters. The Morgan fingerprint density at radius 3 is 2.42 bits per heavy atom. The lowest BCUT2D eigenvalue weighted by Crippen LogP contribution is -2.20. The van der Waals surface area contributed by atoms with Gasteiger partial charge in [0.15, 0.2) is 5.69 Å². The average molecular weight is 280 g/mol. The standard InChI is InChI=1S/C12H12N2O4S/c1-9-3-5-10(6-4-9)19(16,17)14-11(7-8-13-14)12(15)18-2/h3-8H,1-2H3. The van der Waals surface area contributed by atoms with Gasteiger partial charge in [0.25, 0.3) is 10.0 Å². The molecule has 0 aliphatic carbocycles. The van der Waals surface area contributed by atoms with E-state index in [9.17, 15) is 13.2 Å². The lowest BCUT2D eigenvalue weighted by molar-refractivity contribution is 0.0591. The largest absolute Gasteiger partial charge is 0.464 e. The molecule has 19 heavy (non-hydrogen) atoms. The maximum Gasteiger partial charge on any atom is 0.357 e. The van der Waals surface area contributed by atoms with Crippen LogP contribution >= 0.6 is 0 Å². The molecule has 1 aromatic carbocycles. The molecule has 0 saturated heterocycles. The molecule has 100 valence electrons. The first-order valence-electron chi connectivity index (χ1n) is 5.41. The maximum atomic E-state index is 12.3. The molecule has 2 aromatic rings. The summed E-state index contributed by atoms with van der Waals surface area (Å²) in [5.41, 5.74) is 0.802. The maximum absolute atomic E-state index is 12.3. The summed E-state index contributed by atoms with van der Waals surface area (Å²) >= 11 is 0. The van der Waals surface area contributed by atoms with Crippen LogP contribution in [0.2, 0.25) is 0 Å². The summed E-state index contributed by atoms with van der Waals surface area (Å²) < 4.78 is 29.9. The quantitative estimate of drug-likeness (QED) is 0.790. The van der Waals surface area contributed by atoms with Crippen molar-refractivity contribution in [3.63, 3.8) is 0 Å². The number of hydrogen-bond donors (Lipinski definition) is 0. The van der Waals surface area contributed by atoms with Crippen molar-refractivity contribution in [2.75, 3.05) is 7.11 Å². The van der Waals surface area contributed by atoms with Crippen LogP contribution in [0.1, 0.15) is 16.1 Å². The molecule has 0 aliphatic rings. The summed E-state index contributed by atoms with van der Waals surface area (Å²) in [6.45, 7) is 1.85. The number of hydrogen-bond acceptors (Lipinski definition) is 5. The molecule has 0 spiro atoms. The smallest absolute Gasteiger partial charge is 0.357 e. The molecule has 0 atom stereocenters. The fourth-order valence-electron chi connectivity index (χ4n) is 1.54. The zero-order valence-corrected chi connectivity index (χ0v) is 11.2. The zero-order chi connectivity index (χ0) is 14.0. The van der Waals surface area contributed by atoms with Gasteiger partial charge in [-0.15, -0.1) is 4.09 Å². The van der Waals surface area contributed by atoms with Crippen LogP contribution in [0.5, 0.6) is 0 Å². The zero-order valence-electron chi connectivity index (χ0n) is 10.4. The highest BCUT2D eigenvalue weighted by atomic mass is 32.2. The number of methoxy groups -OCH3 is 1. The van der Waals surface area contributed by atoms with Gasteiger partial charge in [-0.1, -0.05) is 17.7 Å². The van der Waals surface area contributed by atoms with Crippen LogP contribution in [0.4, 0.5) is 0 Å². The topological polar surface area (TPSA) is 78.3 Å². The number of rotatable bonds is 3. The molecule has 0 amide bonds. The van der Waals surface area contributed by atoms with Crippen molar-refractivity contribution in [2.24, 2.45) is 0 Å². The van der Waals surface area contributed by atoms with Crippen molar-refractivity contribution in [3.8, 4) is 0 Å². The number of nitrogens with zero attached hydrogens (tertiary/aromatic N) is 2. The molecule has 7 heteroatoms. The van der Waals surface area contributed by atoms with E-state index in [4.69, 9.17) is 0 Å². The van der Waals surface area contributed by atoms with E-state index >= 15 is 0 Å². The van der Waals surface area contributed by atoms with Crippen molar-refractivity contribution >= 4 is 16.0 Å². The highest BCUT2D eigenvalue weighted by Gasteiger charge is 2.24. The summed E-state index contributed by atoms with van der Waals surface area (Å²) in [6.07, 6.45) is 1.23. The number of carbonyl (C=O) groups excluding carboxylic acids is 1. The van der Waals surface area contributed by atoms with Gasteiger partial charge in [0.2, 0.25) is 0 Å². The van der Waals surface area contributed by atoms with Crippen LogP contribution in [0.25, 0.3) is 0 Å². The van der Waals surface area contributed by atoms with Crippen molar-refractivity contribution in [3.05, 3.63) is 47.8 Å². The monoisotopic (exact) mass is 280 g/mol. The molecule has 0 bridgehead atoms. The van der Waals surface area contributed by atoms with Crippen LogP contribution in [0.15, 0.2) is 41.4 Å². The predicted octanol–water partition coefficient (Wildman–Crippen LogP) is 1.22. The van der Waals surface area contributed by atoms with Gasteiger partial charge in [0.05, 0.1) is 18.2 Å². The van der Waals surface area contributed by atoms with Gasteiger partial charge in [0.1, 0.15) is 0 Å². The van der Waals surface area contributed by atoms with Gasteiger partial charge in [-0.3, -0.25) is 0 Å². The number of carbonyl (C=O) groups is 1. The van der Waals surface area contributed by atoms with E-state index in [1.165, 1.54) is 31.5 Å². The van der Waals surface area contributed by atoms with Crippen LogP contribution in [0.3, 0.4) is 0 Å². The molecule has 1 heterocycles. The SMILES string of the molecule is COC(=O)c1ccnn1S(=O)(=O)c1ccc(C)cc1. The number of esters is 1. The Morgan fingerprint density at radius 2 is 1.84 bits per heavy atom. The van der Waals surface area contributed by atoms with Gasteiger partial charge in [-0.05, 0) is 25.1 Å². The fourth-order valence-corrected chi connectivity index (χ4v) is 2.80. The third kappa shape index (κ3) is 2.37. The Kier molecular flexibility index (Phi) is 3.39. The summed E-state index contributed by atoms with van der Waals surface area (Å²) in [5.74, 6) is -0.756. The van der Waals surface area contributed by atoms with Crippen LogP contribution < -0.4 is 0 Å². The molecule has 0 fully saturated rings. The lowest BCUT2D eigenvalue weighted by atomic mass is 10.2. The number of benzene rings is 1. The Labute approximate surface area is 110 Å². The van der Waals surface area contributed by atoms with Crippen LogP contribution in [-0.4, -0.2) is 30.7 Å². The summed E-state index contributed by atoms with van der Waals surface area (Å²) in [6, 6.07) is 7.57. The first-order valence-corrected chi connectivity index (χ1v) is 6.85. The fraction of sp³-hybridized carbons (Fsp3) is 0.167. The van der Waals surface area contributed by atoms with Gasteiger partial charge in [-0.2, -0.15) is 13.5 Å². The average Bonchev–Trinajstić information content (AvgIpc) is 2.88. The van der Waals surface area contributed by atoms with E-state index in [1.54, 1.807) is 12.1 Å². The molecule has 0 radical (unpaired) electrons. The Morgan fingerprint density at radius 1 is 1.21 bits per heavy atom. The van der Waals surface area contributed by atoms with Crippen LogP contribution in [-0.2, 0) is 14.8 Å². The second kappa shape index (κ2) is 4.85. The third-order valence-electron chi connectivity index (χ3n) is 2.55. The summed E-state index contributed by atoms with van der Waals surface area (Å²) in [7, 11) is -2.71. The lowest BCUT2D eigenvalue weighted by Gasteiger charge is -2.07. The molecular weight excluding hydrogens is 268 g/mol. The minimum atomic E-state index is -3.89. The molecule has 0 saturated carbocycles. The minimum Gasteiger partial charge on any atom is -0.464 e. The van der Waals surface area contributed by atoms with E-state index in [0.717, 1.165) is 5.56 Å². The second-order valence-corrected chi connectivity index (χ2v) is 5.64. The molecular formula is C12H12N2O4S. The van der Waals surface area contributed by atoms with Crippen molar-refractivity contribution in [2.45, 2.75) is 11.8 Å². The third-order valence-corrected chi connectivity index (χ3v) is 4.17. The van der Waals surface area contributed by atoms with Gasteiger partial charge >= 0.3 is 5.97 Å². The first-order chi connectivity index (χ1) is 8.96. The van der Waals surface area contributed by atoms with Crippen molar-refractivity contribution in [1.82, 2.24) is 9.19 Å². The van der Waals surface area contributed by atoms with E-state index < -0.39 is 16.0 Å². The van der Waals surface area contributed by atoms with Crippen LogP contribution in [0, 0.1) is 6.92 Å². The Balaban J connectivity index is 2.54. The number of aromatic nitrogens is 2. The van der Waals surface area contributed by atoms with Crippen molar-refractivity contribution < 1.29 is 17.9 Å². The highest BCUT2D eigenvalue weighted by Crippen LogP contribution is 2.16. The molecule has 2 rings (SSSR count). The normalized spacial score (nSPS) is 11.3. The minimum absolute atomic E-state index is 0.0620. The predicted molar refractivity (Wildman–Crippen MR) is 67.3 cm³/mol. The van der Waals surface area contributed by atoms with E-state index in [0.29, 0.717) is 4.09 Å². The van der Waals surface area contributed by atoms with Gasteiger partial charge in [0, 0.05) is 0 Å². The van der Waals surface area contributed by atoms with Gasteiger partial charge in [-0.25, -0.2) is 4.79 Å². The highest BCUT2D eigenvalue weighted by molar-refractivity contribution is 7.89. The summed E-state index contributed by atoms with van der Waals surface area (Å²) in [5, 5.41) is 3.68. The van der Waals surface area contributed by atoms with E-state index in [-0.39, 0.29) is 10.6 Å². The van der Waals surface area contributed by atoms with Gasteiger partial charge < -0.3 is 4.74 Å². The first kappa shape index (κ1) is 13.3.